The van der Waals surface area contributed by atoms with Crippen molar-refractivity contribution >= 4 is 11.8 Å². The number of likely N-dealkylation sites (tertiary alicyclic amines) is 1. The summed E-state index contributed by atoms with van der Waals surface area (Å²) in [5.41, 5.74) is 1.43. The van der Waals surface area contributed by atoms with E-state index in [0.29, 0.717) is 24.4 Å². The number of fused-ring (bicyclic) bond motifs is 2. The van der Waals surface area contributed by atoms with Crippen LogP contribution in [0.1, 0.15) is 50.5 Å². The van der Waals surface area contributed by atoms with E-state index in [9.17, 15) is 5.26 Å². The van der Waals surface area contributed by atoms with Gasteiger partial charge in [0.15, 0.2) is 6.35 Å². The van der Waals surface area contributed by atoms with Gasteiger partial charge in [-0.25, -0.2) is 0 Å². The zero-order valence-electron chi connectivity index (χ0n) is 24.9. The summed E-state index contributed by atoms with van der Waals surface area (Å²) in [6.45, 7) is 9.61. The van der Waals surface area contributed by atoms with Crippen molar-refractivity contribution in [2.75, 3.05) is 53.5 Å². The fourth-order valence-corrected chi connectivity index (χ4v) is 9.64. The Morgan fingerprint density at radius 3 is 2.88 bits per heavy atom. The van der Waals surface area contributed by atoms with Crippen molar-refractivity contribution < 1.29 is 9.47 Å². The highest BCUT2D eigenvalue weighted by molar-refractivity contribution is 8.00. The van der Waals surface area contributed by atoms with E-state index < -0.39 is 0 Å². The fourth-order valence-electron chi connectivity index (χ4n) is 8.06. The Morgan fingerprint density at radius 2 is 2.10 bits per heavy atom. The second-order valence-electron chi connectivity index (χ2n) is 12.8. The number of benzene rings is 1. The summed E-state index contributed by atoms with van der Waals surface area (Å²) in [5.74, 6) is 1.48. The Morgan fingerprint density at radius 1 is 1.20 bits per heavy atom. The molecule has 1 aromatic carbocycles. The van der Waals surface area contributed by atoms with E-state index >= 15 is 0 Å². The van der Waals surface area contributed by atoms with Crippen molar-refractivity contribution in [2.24, 2.45) is 5.92 Å². The average Bonchev–Trinajstić information content (AvgIpc) is 3.40. The first-order valence-corrected chi connectivity index (χ1v) is 16.5. The normalized spacial score (nSPS) is 36.4. The molecule has 224 valence electrons. The van der Waals surface area contributed by atoms with E-state index in [2.05, 4.69) is 75.0 Å². The van der Waals surface area contributed by atoms with Gasteiger partial charge in [0.1, 0.15) is 5.75 Å². The molecule has 6 rings (SSSR count). The molecule has 41 heavy (non-hydrogen) atoms. The number of aryl methyl sites for hydroxylation is 1. The van der Waals surface area contributed by atoms with Crippen molar-refractivity contribution in [1.29, 1.82) is 5.26 Å². The Kier molecular flexibility index (Phi) is 9.28. The van der Waals surface area contributed by atoms with Gasteiger partial charge in [-0.05, 0) is 82.3 Å². The van der Waals surface area contributed by atoms with Crippen LogP contribution in [0.4, 0.5) is 0 Å². The van der Waals surface area contributed by atoms with Crippen LogP contribution >= 0.6 is 11.8 Å². The lowest BCUT2D eigenvalue weighted by molar-refractivity contribution is -0.107. The first-order chi connectivity index (χ1) is 20.0. The molecule has 9 heteroatoms. The summed E-state index contributed by atoms with van der Waals surface area (Å²) < 4.78 is 12.4. The van der Waals surface area contributed by atoms with Gasteiger partial charge in [-0.2, -0.15) is 5.26 Å². The third kappa shape index (κ3) is 6.35. The lowest BCUT2D eigenvalue weighted by Gasteiger charge is -2.56. The highest BCUT2D eigenvalue weighted by Gasteiger charge is 2.50. The maximum atomic E-state index is 9.59. The van der Waals surface area contributed by atoms with E-state index in [0.717, 1.165) is 57.9 Å². The molecular formula is C32H48N6O2S. The number of nitrogens with zero attached hydrogens (tertiary/aromatic N) is 4. The Hall–Kier alpha value is -1.64. The zero-order valence-corrected chi connectivity index (χ0v) is 25.7. The summed E-state index contributed by atoms with van der Waals surface area (Å²) in [6, 6.07) is 10.2. The number of hydrogen-bond acceptors (Lipinski definition) is 9. The van der Waals surface area contributed by atoms with Crippen molar-refractivity contribution in [1.82, 2.24) is 25.3 Å². The van der Waals surface area contributed by atoms with Crippen molar-refractivity contribution in [3.8, 4) is 11.8 Å². The number of thioether (sulfide) groups is 1. The second-order valence-corrected chi connectivity index (χ2v) is 14.3. The average molecular weight is 581 g/mol. The quantitative estimate of drug-likeness (QED) is 0.448. The fraction of sp³-hybridized carbons (Fsp3) is 0.719. The summed E-state index contributed by atoms with van der Waals surface area (Å²) in [4.78, 5) is 8.92. The predicted octanol–water partition coefficient (Wildman–Crippen LogP) is 3.64. The Balaban J connectivity index is 1.19. The topological polar surface area (TPSA) is 76.0 Å². The van der Waals surface area contributed by atoms with E-state index in [1.165, 1.54) is 42.6 Å². The van der Waals surface area contributed by atoms with E-state index in [1.54, 1.807) is 7.11 Å². The summed E-state index contributed by atoms with van der Waals surface area (Å²) >= 11 is 2.11. The second kappa shape index (κ2) is 12.9. The number of rotatable bonds is 8. The molecule has 1 aliphatic carbocycles. The van der Waals surface area contributed by atoms with Crippen LogP contribution in [0.25, 0.3) is 0 Å². The van der Waals surface area contributed by atoms with Gasteiger partial charge in [-0.3, -0.25) is 20.4 Å². The molecule has 1 spiro atoms. The van der Waals surface area contributed by atoms with Gasteiger partial charge >= 0.3 is 0 Å². The molecule has 5 aliphatic rings. The monoisotopic (exact) mass is 580 g/mol. The molecule has 0 bridgehead atoms. The number of ether oxygens (including phenoxy) is 2. The number of methoxy groups -OCH3 is 1. The standard InChI is InChI=1S/C32H48N6O2S/c1-4-15-37-17-18-38(21-24(37)11-14-33)30-27-10-13-32(12-9-23-19-26(39-3)7-8-29(23)41-32)20-28(27)34-31(35-30)40-22-25-6-5-16-36(25)2/h4,7-8,19,24-25,27-28,30-31,34-35H,1,5-6,9-13,15-18,20-22H2,2-3H3/t24?,25?,27?,28?,30?,31?,32-/m0/s1. The number of hydrogen-bond donors (Lipinski definition) is 2. The summed E-state index contributed by atoms with van der Waals surface area (Å²) in [6.07, 6.45) is 11.0. The third-order valence-electron chi connectivity index (χ3n) is 10.4. The van der Waals surface area contributed by atoms with Crippen LogP contribution in [0, 0.1) is 17.2 Å². The minimum absolute atomic E-state index is 0.156. The number of piperazine rings is 1. The predicted molar refractivity (Wildman–Crippen MR) is 164 cm³/mol. The van der Waals surface area contributed by atoms with Crippen LogP contribution in [0.15, 0.2) is 35.7 Å². The Bertz CT molecular complexity index is 1110. The van der Waals surface area contributed by atoms with E-state index in [1.807, 2.05) is 6.08 Å². The summed E-state index contributed by atoms with van der Waals surface area (Å²) in [5, 5.41) is 17.5. The molecule has 7 atom stereocenters. The van der Waals surface area contributed by atoms with Crippen LogP contribution in [-0.2, 0) is 11.2 Å². The highest BCUT2D eigenvalue weighted by Crippen LogP contribution is 2.53. The molecular weight excluding hydrogens is 532 g/mol. The first-order valence-electron chi connectivity index (χ1n) is 15.7. The third-order valence-corrected chi connectivity index (χ3v) is 12.1. The van der Waals surface area contributed by atoms with E-state index in [4.69, 9.17) is 9.47 Å². The van der Waals surface area contributed by atoms with Gasteiger partial charge in [-0.15, -0.1) is 18.3 Å². The number of nitriles is 1. The minimum Gasteiger partial charge on any atom is -0.497 e. The lowest BCUT2D eigenvalue weighted by Crippen LogP contribution is -2.72. The van der Waals surface area contributed by atoms with Gasteiger partial charge in [-0.1, -0.05) is 6.08 Å². The maximum Gasteiger partial charge on any atom is 0.164 e. The van der Waals surface area contributed by atoms with Crippen LogP contribution in [0.5, 0.6) is 5.75 Å². The van der Waals surface area contributed by atoms with Gasteiger partial charge in [0.25, 0.3) is 0 Å². The van der Waals surface area contributed by atoms with Crippen LogP contribution in [-0.4, -0.2) is 104 Å². The largest absolute Gasteiger partial charge is 0.497 e. The molecule has 4 fully saturated rings. The lowest BCUT2D eigenvalue weighted by atomic mass is 9.73. The first kappa shape index (κ1) is 29.4. The van der Waals surface area contributed by atoms with Gasteiger partial charge in [0, 0.05) is 59.9 Å². The van der Waals surface area contributed by atoms with Crippen molar-refractivity contribution in [3.63, 3.8) is 0 Å². The van der Waals surface area contributed by atoms with Gasteiger partial charge in [0.2, 0.25) is 0 Å². The zero-order chi connectivity index (χ0) is 28.4. The van der Waals surface area contributed by atoms with Crippen molar-refractivity contribution in [3.05, 3.63) is 36.4 Å². The van der Waals surface area contributed by atoms with Crippen molar-refractivity contribution in [2.45, 2.75) is 91.7 Å². The number of nitrogens with one attached hydrogen (secondary N) is 2. The molecule has 0 amide bonds. The van der Waals surface area contributed by atoms with Crippen LogP contribution in [0.3, 0.4) is 0 Å². The number of likely N-dealkylation sites (N-methyl/N-ethyl adjacent to an activating group) is 1. The molecule has 4 aliphatic heterocycles. The molecule has 2 N–H and O–H groups in total. The molecule has 4 heterocycles. The van der Waals surface area contributed by atoms with E-state index in [-0.39, 0.29) is 23.3 Å². The minimum atomic E-state index is -0.156. The molecule has 0 aromatic heterocycles. The van der Waals surface area contributed by atoms with Crippen LogP contribution < -0.4 is 15.4 Å². The van der Waals surface area contributed by atoms with Crippen LogP contribution in [0.2, 0.25) is 0 Å². The van der Waals surface area contributed by atoms with Gasteiger partial charge < -0.3 is 14.4 Å². The smallest absolute Gasteiger partial charge is 0.164 e. The molecule has 1 saturated carbocycles. The summed E-state index contributed by atoms with van der Waals surface area (Å²) in [7, 11) is 3.98. The molecule has 0 radical (unpaired) electrons. The molecule has 8 nitrogen and oxygen atoms in total. The molecule has 3 saturated heterocycles. The van der Waals surface area contributed by atoms with Gasteiger partial charge in [0.05, 0.1) is 32.4 Å². The SMILES string of the molecule is C=CCN1CCN(C2NC(OCC3CCCN3C)NC3C[C@]4(CCc5cc(OC)ccc5S4)CCC32)CC1CC#N. The Labute approximate surface area is 250 Å². The molecule has 1 aromatic rings. The highest BCUT2D eigenvalue weighted by atomic mass is 32.2. The maximum absolute atomic E-state index is 9.59. The molecule has 6 unspecified atom stereocenters.